The van der Waals surface area contributed by atoms with Crippen molar-refractivity contribution in [3.63, 3.8) is 0 Å². The molecule has 7 heteroatoms. The zero-order valence-corrected chi connectivity index (χ0v) is 18.5. The molecule has 1 heterocycles. The summed E-state index contributed by atoms with van der Waals surface area (Å²) in [6.45, 7) is 7.42. The molecule has 0 unspecified atom stereocenters. The predicted molar refractivity (Wildman–Crippen MR) is 117 cm³/mol. The van der Waals surface area contributed by atoms with Crippen molar-refractivity contribution in [3.05, 3.63) is 83.2 Å². The molecule has 0 amide bonds. The number of nitrogens with zero attached hydrogens (tertiary/aromatic N) is 2. The van der Waals surface area contributed by atoms with E-state index in [1.54, 1.807) is 24.3 Å². The minimum absolute atomic E-state index is 0.169. The van der Waals surface area contributed by atoms with Crippen molar-refractivity contribution in [1.82, 2.24) is 14.5 Å². The van der Waals surface area contributed by atoms with Crippen LogP contribution in [0.4, 0.5) is 0 Å². The van der Waals surface area contributed by atoms with Gasteiger partial charge >= 0.3 is 0 Å². The van der Waals surface area contributed by atoms with Crippen molar-refractivity contribution < 1.29 is 13.2 Å². The Morgan fingerprint density at radius 3 is 2.20 bits per heavy atom. The van der Waals surface area contributed by atoms with Gasteiger partial charge in [0.25, 0.3) is 5.91 Å². The maximum atomic E-state index is 13.4. The lowest BCUT2D eigenvalue weighted by Crippen LogP contribution is -2.39. The van der Waals surface area contributed by atoms with Gasteiger partial charge in [0.05, 0.1) is 22.5 Å². The molecule has 0 aliphatic heterocycles. The highest BCUT2D eigenvalue weighted by Crippen LogP contribution is 2.29. The van der Waals surface area contributed by atoms with E-state index in [4.69, 9.17) is 0 Å². The lowest BCUT2D eigenvalue weighted by atomic mass is 9.91. The topological polar surface area (TPSA) is 81.1 Å². The summed E-state index contributed by atoms with van der Waals surface area (Å²) in [5.74, 6) is -0.853. The van der Waals surface area contributed by atoms with Gasteiger partial charge in [0.2, 0.25) is 10.0 Å². The number of hydrogen-bond donors (Lipinski definition) is 1. The Morgan fingerprint density at radius 1 is 1.03 bits per heavy atom. The van der Waals surface area contributed by atoms with Gasteiger partial charge in [-0.3, -0.25) is 4.79 Å². The van der Waals surface area contributed by atoms with Gasteiger partial charge in [0.15, 0.2) is 0 Å². The van der Waals surface area contributed by atoms with Crippen molar-refractivity contribution >= 4 is 15.9 Å². The number of aromatic nitrogens is 2. The Bertz CT molecular complexity index is 1120. The van der Waals surface area contributed by atoms with Crippen LogP contribution in [0.1, 0.15) is 46.7 Å². The number of benzene rings is 2. The minimum Gasteiger partial charge on any atom is -0.272 e. The summed E-state index contributed by atoms with van der Waals surface area (Å²) in [6.07, 6.45) is 0.452. The molecule has 0 fully saturated rings. The molecule has 3 aromatic rings. The van der Waals surface area contributed by atoms with Crippen molar-refractivity contribution in [2.45, 2.75) is 45.1 Å². The highest BCUT2D eigenvalue weighted by Gasteiger charge is 2.33. The summed E-state index contributed by atoms with van der Waals surface area (Å²) in [7, 11) is -3.83. The molecule has 158 valence electrons. The van der Waals surface area contributed by atoms with Crippen LogP contribution in [-0.4, -0.2) is 24.1 Å². The van der Waals surface area contributed by atoms with E-state index in [9.17, 15) is 13.2 Å². The third-order valence-corrected chi connectivity index (χ3v) is 6.61. The summed E-state index contributed by atoms with van der Waals surface area (Å²) < 4.78 is 30.4. The Hall–Kier alpha value is -2.77. The monoisotopic (exact) mass is 425 g/mol. The van der Waals surface area contributed by atoms with Crippen LogP contribution in [0.3, 0.4) is 0 Å². The minimum atomic E-state index is -3.83. The maximum absolute atomic E-state index is 13.4. The Kier molecular flexibility index (Phi) is 6.53. The Morgan fingerprint density at radius 2 is 1.67 bits per heavy atom. The van der Waals surface area contributed by atoms with Crippen LogP contribution in [-0.2, 0) is 10.0 Å². The Labute approximate surface area is 178 Å². The van der Waals surface area contributed by atoms with Gasteiger partial charge in [-0.25, -0.2) is 17.8 Å². The lowest BCUT2D eigenvalue weighted by molar-refractivity contribution is 0.0783. The molecular weight excluding hydrogens is 398 g/mol. The van der Waals surface area contributed by atoms with E-state index < -0.39 is 22.0 Å². The zero-order chi connectivity index (χ0) is 21.9. The number of carbonyl (C=O) groups is 1. The number of aryl methyl sites for hydroxylation is 3. The molecule has 2 aromatic carbocycles. The largest absolute Gasteiger partial charge is 0.272 e. The molecule has 6 nitrogen and oxygen atoms in total. The van der Waals surface area contributed by atoms with E-state index in [-0.39, 0.29) is 10.8 Å². The fourth-order valence-corrected chi connectivity index (χ4v) is 4.82. The number of hydrogen-bond acceptors (Lipinski definition) is 4. The standard InChI is InChI=1S/C23H27N3O3S/c1-5-21(23(27)26-18(4)15-17(3)24-26)22(19-9-7-6-8-10-19)25-30(28,29)20-13-11-16(2)12-14-20/h6-15,21-22,25H,5H2,1-4H3/t21-,22+/m1/s1. The van der Waals surface area contributed by atoms with Crippen LogP contribution in [0.5, 0.6) is 0 Å². The number of nitrogens with one attached hydrogen (secondary N) is 1. The summed E-state index contributed by atoms with van der Waals surface area (Å²) in [6, 6.07) is 17.0. The second kappa shape index (κ2) is 8.93. The van der Waals surface area contributed by atoms with Crippen LogP contribution in [0.25, 0.3) is 0 Å². The summed E-state index contributed by atoms with van der Waals surface area (Å²) in [5, 5.41) is 4.31. The highest BCUT2D eigenvalue weighted by molar-refractivity contribution is 7.89. The summed E-state index contributed by atoms with van der Waals surface area (Å²) in [5.41, 5.74) is 3.17. The van der Waals surface area contributed by atoms with Gasteiger partial charge in [0, 0.05) is 5.69 Å². The van der Waals surface area contributed by atoms with Crippen molar-refractivity contribution in [1.29, 1.82) is 0 Å². The van der Waals surface area contributed by atoms with E-state index in [1.165, 1.54) is 4.68 Å². The Balaban J connectivity index is 2.02. The smallest absolute Gasteiger partial charge is 0.252 e. The second-order valence-corrected chi connectivity index (χ2v) is 9.23. The number of rotatable bonds is 7. The summed E-state index contributed by atoms with van der Waals surface area (Å²) >= 11 is 0. The number of sulfonamides is 1. The first-order valence-corrected chi connectivity index (χ1v) is 11.4. The molecule has 30 heavy (non-hydrogen) atoms. The molecule has 0 radical (unpaired) electrons. The average Bonchev–Trinajstić information content (AvgIpc) is 3.06. The zero-order valence-electron chi connectivity index (χ0n) is 17.7. The first-order valence-electron chi connectivity index (χ1n) is 9.94. The second-order valence-electron chi connectivity index (χ2n) is 7.51. The van der Waals surface area contributed by atoms with Gasteiger partial charge < -0.3 is 0 Å². The third kappa shape index (κ3) is 4.68. The van der Waals surface area contributed by atoms with Crippen LogP contribution >= 0.6 is 0 Å². The van der Waals surface area contributed by atoms with E-state index in [1.807, 2.05) is 64.1 Å². The van der Waals surface area contributed by atoms with Gasteiger partial charge in [-0.2, -0.15) is 5.10 Å². The van der Waals surface area contributed by atoms with E-state index in [0.29, 0.717) is 6.42 Å². The molecule has 0 spiro atoms. The molecule has 0 aliphatic carbocycles. The molecule has 1 N–H and O–H groups in total. The fourth-order valence-electron chi connectivity index (χ4n) is 3.56. The van der Waals surface area contributed by atoms with Crippen LogP contribution < -0.4 is 4.72 Å². The van der Waals surface area contributed by atoms with Crippen LogP contribution in [0, 0.1) is 26.7 Å². The maximum Gasteiger partial charge on any atom is 0.252 e. The SMILES string of the molecule is CC[C@@H](C(=O)n1nc(C)cc1C)[C@@H](NS(=O)(=O)c1ccc(C)cc1)c1ccccc1. The van der Waals surface area contributed by atoms with Crippen molar-refractivity contribution in [2.24, 2.45) is 5.92 Å². The fraction of sp³-hybridized carbons (Fsp3) is 0.304. The van der Waals surface area contributed by atoms with E-state index >= 15 is 0 Å². The normalized spacial score (nSPS) is 13.7. The van der Waals surface area contributed by atoms with Crippen molar-refractivity contribution in [2.75, 3.05) is 0 Å². The van der Waals surface area contributed by atoms with Gasteiger partial charge in [0.1, 0.15) is 0 Å². The van der Waals surface area contributed by atoms with Crippen molar-refractivity contribution in [3.8, 4) is 0 Å². The van der Waals surface area contributed by atoms with Gasteiger partial charge in [-0.05, 0) is 51.0 Å². The third-order valence-electron chi connectivity index (χ3n) is 5.15. The predicted octanol–water partition coefficient (Wildman–Crippen LogP) is 4.19. The summed E-state index contributed by atoms with van der Waals surface area (Å²) in [4.78, 5) is 13.5. The van der Waals surface area contributed by atoms with Gasteiger partial charge in [-0.15, -0.1) is 0 Å². The first kappa shape index (κ1) is 21.9. The average molecular weight is 426 g/mol. The molecule has 0 saturated carbocycles. The molecule has 0 aliphatic rings. The highest BCUT2D eigenvalue weighted by atomic mass is 32.2. The van der Waals surface area contributed by atoms with E-state index in [0.717, 1.165) is 22.5 Å². The molecule has 1 aromatic heterocycles. The first-order chi connectivity index (χ1) is 14.2. The van der Waals surface area contributed by atoms with Gasteiger partial charge in [-0.1, -0.05) is 55.0 Å². The molecular formula is C23H27N3O3S. The molecule has 0 bridgehead atoms. The van der Waals surface area contributed by atoms with E-state index in [2.05, 4.69) is 9.82 Å². The lowest BCUT2D eigenvalue weighted by Gasteiger charge is -2.27. The molecule has 2 atom stereocenters. The quantitative estimate of drug-likeness (QED) is 0.615. The molecule has 3 rings (SSSR count). The van der Waals surface area contributed by atoms with Crippen LogP contribution in [0.2, 0.25) is 0 Å². The van der Waals surface area contributed by atoms with Crippen LogP contribution in [0.15, 0.2) is 65.6 Å². The molecule has 0 saturated heterocycles. The number of carbonyl (C=O) groups excluding carboxylic acids is 1.